The zero-order valence-corrected chi connectivity index (χ0v) is 13.6. The molecular weight excluding hydrogens is 336 g/mol. The standard InChI is InChI=1S/C15H21BrN2O3/c1-2-10(3-6-14(19)20)7-8-18-15(21)12-9-11(17)4-5-13(12)16/h4-5,9-10H,2-3,6-8,17H2,1H3,(H,18,21)(H,19,20). The van der Waals surface area contributed by atoms with Crippen LogP contribution in [-0.4, -0.2) is 23.5 Å². The van der Waals surface area contributed by atoms with Crippen molar-refractivity contribution in [2.75, 3.05) is 12.3 Å². The predicted octanol–water partition coefficient (Wildman–Crippen LogP) is 3.04. The number of carboxylic acids is 1. The third-order valence-electron chi connectivity index (χ3n) is 3.42. The van der Waals surface area contributed by atoms with Gasteiger partial charge in [-0.2, -0.15) is 0 Å². The lowest BCUT2D eigenvalue weighted by atomic mass is 9.96. The Hall–Kier alpha value is -1.56. The van der Waals surface area contributed by atoms with Crippen molar-refractivity contribution >= 4 is 33.5 Å². The third kappa shape index (κ3) is 6.16. The van der Waals surface area contributed by atoms with Crippen molar-refractivity contribution < 1.29 is 14.7 Å². The number of hydrogen-bond donors (Lipinski definition) is 3. The van der Waals surface area contributed by atoms with Crippen molar-refractivity contribution in [3.63, 3.8) is 0 Å². The Morgan fingerprint density at radius 1 is 1.38 bits per heavy atom. The Morgan fingerprint density at radius 3 is 2.71 bits per heavy atom. The third-order valence-corrected chi connectivity index (χ3v) is 4.11. The number of nitrogens with one attached hydrogen (secondary N) is 1. The van der Waals surface area contributed by atoms with Gasteiger partial charge in [0.25, 0.3) is 5.91 Å². The summed E-state index contributed by atoms with van der Waals surface area (Å²) in [4.78, 5) is 22.6. The summed E-state index contributed by atoms with van der Waals surface area (Å²) in [6.45, 7) is 2.56. The molecule has 4 N–H and O–H groups in total. The van der Waals surface area contributed by atoms with E-state index < -0.39 is 5.97 Å². The van der Waals surface area contributed by atoms with Gasteiger partial charge in [-0.25, -0.2) is 0 Å². The average molecular weight is 357 g/mol. The molecule has 0 fully saturated rings. The van der Waals surface area contributed by atoms with E-state index in [0.29, 0.717) is 34.6 Å². The van der Waals surface area contributed by atoms with E-state index in [2.05, 4.69) is 21.2 Å². The first-order valence-electron chi connectivity index (χ1n) is 6.99. The zero-order valence-electron chi connectivity index (χ0n) is 12.1. The molecule has 0 radical (unpaired) electrons. The number of nitrogen functional groups attached to an aromatic ring is 1. The molecule has 0 heterocycles. The first-order valence-corrected chi connectivity index (χ1v) is 7.78. The summed E-state index contributed by atoms with van der Waals surface area (Å²) in [5.74, 6) is -0.644. The van der Waals surface area contributed by atoms with Crippen molar-refractivity contribution in [1.29, 1.82) is 0 Å². The molecular formula is C15H21BrN2O3. The monoisotopic (exact) mass is 356 g/mol. The topological polar surface area (TPSA) is 92.4 Å². The van der Waals surface area contributed by atoms with E-state index in [1.165, 1.54) is 0 Å². The van der Waals surface area contributed by atoms with Crippen LogP contribution in [0.15, 0.2) is 22.7 Å². The van der Waals surface area contributed by atoms with E-state index in [1.807, 2.05) is 6.92 Å². The fourth-order valence-electron chi connectivity index (χ4n) is 2.08. The van der Waals surface area contributed by atoms with Crippen LogP contribution in [0.5, 0.6) is 0 Å². The Morgan fingerprint density at radius 2 is 2.10 bits per heavy atom. The van der Waals surface area contributed by atoms with Crippen LogP contribution in [0.2, 0.25) is 0 Å². The Labute approximate surface area is 133 Å². The SMILES string of the molecule is CCC(CCNC(=O)c1cc(N)ccc1Br)CCC(=O)O. The molecule has 1 amide bonds. The molecule has 1 atom stereocenters. The summed E-state index contributed by atoms with van der Waals surface area (Å²) >= 11 is 3.32. The molecule has 0 saturated heterocycles. The zero-order chi connectivity index (χ0) is 15.8. The van der Waals surface area contributed by atoms with Crippen molar-refractivity contribution in [3.8, 4) is 0 Å². The van der Waals surface area contributed by atoms with Crippen molar-refractivity contribution in [2.45, 2.75) is 32.6 Å². The minimum absolute atomic E-state index is 0.174. The molecule has 1 aromatic carbocycles. The van der Waals surface area contributed by atoms with Gasteiger partial charge >= 0.3 is 5.97 Å². The second kappa shape index (κ2) is 8.67. The fourth-order valence-corrected chi connectivity index (χ4v) is 2.51. The lowest BCUT2D eigenvalue weighted by molar-refractivity contribution is -0.137. The van der Waals surface area contributed by atoms with Crippen LogP contribution in [-0.2, 0) is 4.79 Å². The van der Waals surface area contributed by atoms with Gasteiger partial charge in [-0.1, -0.05) is 13.3 Å². The highest BCUT2D eigenvalue weighted by Crippen LogP contribution is 2.20. The molecule has 1 rings (SSSR count). The highest BCUT2D eigenvalue weighted by atomic mass is 79.9. The molecule has 0 spiro atoms. The van der Waals surface area contributed by atoms with Crippen LogP contribution in [0, 0.1) is 5.92 Å². The number of rotatable bonds is 8. The van der Waals surface area contributed by atoms with Crippen LogP contribution >= 0.6 is 15.9 Å². The van der Waals surface area contributed by atoms with Crippen LogP contribution in [0.25, 0.3) is 0 Å². The number of carboxylic acid groups (broad SMARTS) is 1. The number of hydrogen-bond acceptors (Lipinski definition) is 3. The molecule has 0 aliphatic heterocycles. The van der Waals surface area contributed by atoms with E-state index in [9.17, 15) is 9.59 Å². The van der Waals surface area contributed by atoms with Gasteiger partial charge in [-0.3, -0.25) is 9.59 Å². The van der Waals surface area contributed by atoms with Gasteiger partial charge in [0.05, 0.1) is 5.56 Å². The van der Waals surface area contributed by atoms with E-state index in [0.717, 1.165) is 12.8 Å². The predicted molar refractivity (Wildman–Crippen MR) is 86.2 cm³/mol. The molecule has 0 aliphatic rings. The summed E-state index contributed by atoms with van der Waals surface area (Å²) < 4.78 is 0.701. The Kier molecular flexibility index (Phi) is 7.22. The molecule has 0 aliphatic carbocycles. The summed E-state index contributed by atoms with van der Waals surface area (Å²) in [5.41, 5.74) is 6.72. The summed E-state index contributed by atoms with van der Waals surface area (Å²) in [7, 11) is 0. The maximum atomic E-state index is 12.1. The molecule has 1 unspecified atom stereocenters. The first kappa shape index (κ1) is 17.5. The van der Waals surface area contributed by atoms with E-state index in [1.54, 1.807) is 18.2 Å². The average Bonchev–Trinajstić information content (AvgIpc) is 2.44. The summed E-state index contributed by atoms with van der Waals surface area (Å²) in [5, 5.41) is 11.5. The van der Waals surface area contributed by atoms with Gasteiger partial charge in [0.15, 0.2) is 0 Å². The molecule has 6 heteroatoms. The van der Waals surface area contributed by atoms with Crippen LogP contribution < -0.4 is 11.1 Å². The lowest BCUT2D eigenvalue weighted by Crippen LogP contribution is -2.26. The Balaban J connectivity index is 2.45. The van der Waals surface area contributed by atoms with Crippen molar-refractivity contribution in [3.05, 3.63) is 28.2 Å². The minimum atomic E-state index is -0.777. The van der Waals surface area contributed by atoms with Crippen LogP contribution in [0.3, 0.4) is 0 Å². The number of amides is 1. The largest absolute Gasteiger partial charge is 0.481 e. The number of carbonyl (C=O) groups excluding carboxylic acids is 1. The number of carbonyl (C=O) groups is 2. The molecule has 0 bridgehead atoms. The summed E-state index contributed by atoms with van der Waals surface area (Å²) in [6.07, 6.45) is 2.50. The van der Waals surface area contributed by atoms with Gasteiger partial charge in [-0.15, -0.1) is 0 Å². The second-order valence-electron chi connectivity index (χ2n) is 4.99. The quantitative estimate of drug-likeness (QED) is 0.624. The molecule has 21 heavy (non-hydrogen) atoms. The van der Waals surface area contributed by atoms with Gasteiger partial charge in [0, 0.05) is 23.1 Å². The molecule has 0 saturated carbocycles. The van der Waals surface area contributed by atoms with Crippen molar-refractivity contribution in [1.82, 2.24) is 5.32 Å². The van der Waals surface area contributed by atoms with Crippen LogP contribution in [0.4, 0.5) is 5.69 Å². The van der Waals surface area contributed by atoms with Crippen LogP contribution in [0.1, 0.15) is 43.0 Å². The first-order chi connectivity index (χ1) is 9.93. The molecule has 116 valence electrons. The highest BCUT2D eigenvalue weighted by molar-refractivity contribution is 9.10. The molecule has 0 aromatic heterocycles. The lowest BCUT2D eigenvalue weighted by Gasteiger charge is -2.14. The number of halogens is 1. The molecule has 1 aromatic rings. The maximum Gasteiger partial charge on any atom is 0.303 e. The van der Waals surface area contributed by atoms with E-state index in [4.69, 9.17) is 10.8 Å². The molecule has 5 nitrogen and oxygen atoms in total. The van der Waals surface area contributed by atoms with Gasteiger partial charge in [0.2, 0.25) is 0 Å². The van der Waals surface area contributed by atoms with E-state index >= 15 is 0 Å². The normalized spacial score (nSPS) is 11.9. The number of benzene rings is 1. The van der Waals surface area contributed by atoms with Gasteiger partial charge < -0.3 is 16.2 Å². The van der Waals surface area contributed by atoms with Gasteiger partial charge in [-0.05, 0) is 52.9 Å². The Bertz CT molecular complexity index is 506. The minimum Gasteiger partial charge on any atom is -0.481 e. The number of aliphatic carboxylic acids is 1. The number of nitrogens with two attached hydrogens (primary N) is 1. The van der Waals surface area contributed by atoms with Gasteiger partial charge in [0.1, 0.15) is 0 Å². The second-order valence-corrected chi connectivity index (χ2v) is 5.84. The number of anilines is 1. The fraction of sp³-hybridized carbons (Fsp3) is 0.467. The van der Waals surface area contributed by atoms with Crippen molar-refractivity contribution in [2.24, 2.45) is 5.92 Å². The summed E-state index contributed by atoms with van der Waals surface area (Å²) in [6, 6.07) is 5.09. The smallest absolute Gasteiger partial charge is 0.303 e. The van der Waals surface area contributed by atoms with E-state index in [-0.39, 0.29) is 12.3 Å². The highest BCUT2D eigenvalue weighted by Gasteiger charge is 2.12. The maximum absolute atomic E-state index is 12.1.